The van der Waals surface area contributed by atoms with Gasteiger partial charge in [0.1, 0.15) is 5.75 Å². The van der Waals surface area contributed by atoms with Crippen LogP contribution >= 0.6 is 11.6 Å². The predicted octanol–water partition coefficient (Wildman–Crippen LogP) is 5.10. The second-order valence-electron chi connectivity index (χ2n) is 5.02. The molecular weight excluding hydrogens is 328 g/mol. The number of carbonyl (C=O) groups is 1. The SMILES string of the molecule is CCCCOc1ccc(C=NOC(=O)Nc2ccc(Cl)cc2)cc1. The number of rotatable bonds is 7. The quantitative estimate of drug-likeness (QED) is 0.328. The fourth-order valence-electron chi connectivity index (χ4n) is 1.79. The Morgan fingerprint density at radius 3 is 2.54 bits per heavy atom. The third-order valence-corrected chi connectivity index (χ3v) is 3.33. The molecule has 5 nitrogen and oxygen atoms in total. The fourth-order valence-corrected chi connectivity index (χ4v) is 1.92. The highest BCUT2D eigenvalue weighted by atomic mass is 35.5. The van der Waals surface area contributed by atoms with Gasteiger partial charge >= 0.3 is 6.09 Å². The Morgan fingerprint density at radius 1 is 1.17 bits per heavy atom. The van der Waals surface area contributed by atoms with E-state index in [1.54, 1.807) is 24.3 Å². The van der Waals surface area contributed by atoms with Crippen LogP contribution in [-0.4, -0.2) is 18.9 Å². The smallest absolute Gasteiger partial charge is 0.437 e. The normalized spacial score (nSPS) is 10.6. The van der Waals surface area contributed by atoms with Crippen molar-refractivity contribution < 1.29 is 14.4 Å². The van der Waals surface area contributed by atoms with E-state index in [2.05, 4.69) is 17.4 Å². The van der Waals surface area contributed by atoms with E-state index in [-0.39, 0.29) is 0 Å². The molecule has 6 heteroatoms. The lowest BCUT2D eigenvalue weighted by molar-refractivity contribution is 0.167. The molecule has 2 aromatic carbocycles. The summed E-state index contributed by atoms with van der Waals surface area (Å²) >= 11 is 5.77. The topological polar surface area (TPSA) is 59.9 Å². The summed E-state index contributed by atoms with van der Waals surface area (Å²) in [5.41, 5.74) is 1.38. The molecule has 24 heavy (non-hydrogen) atoms. The van der Waals surface area contributed by atoms with Gasteiger partial charge < -0.3 is 4.74 Å². The van der Waals surface area contributed by atoms with Crippen LogP contribution in [0.4, 0.5) is 10.5 Å². The molecule has 0 unspecified atom stereocenters. The third-order valence-electron chi connectivity index (χ3n) is 3.07. The van der Waals surface area contributed by atoms with E-state index in [1.165, 1.54) is 6.21 Å². The van der Waals surface area contributed by atoms with Crippen molar-refractivity contribution in [1.82, 2.24) is 0 Å². The van der Waals surface area contributed by atoms with Crippen LogP contribution in [0.2, 0.25) is 5.02 Å². The molecule has 0 saturated heterocycles. The molecule has 0 aliphatic heterocycles. The van der Waals surface area contributed by atoms with Gasteiger partial charge in [-0.05, 0) is 60.5 Å². The van der Waals surface area contributed by atoms with Gasteiger partial charge in [-0.15, -0.1) is 0 Å². The van der Waals surface area contributed by atoms with Gasteiger partial charge in [0.2, 0.25) is 0 Å². The minimum Gasteiger partial charge on any atom is -0.494 e. The number of oxime groups is 1. The van der Waals surface area contributed by atoms with Gasteiger partial charge in [-0.3, -0.25) is 10.2 Å². The van der Waals surface area contributed by atoms with Gasteiger partial charge in [0.15, 0.2) is 0 Å². The number of benzene rings is 2. The Bertz CT molecular complexity index is 670. The molecule has 126 valence electrons. The van der Waals surface area contributed by atoms with Gasteiger partial charge in [0.05, 0.1) is 12.8 Å². The number of halogens is 1. The summed E-state index contributed by atoms with van der Waals surface area (Å²) in [5, 5.41) is 6.79. The van der Waals surface area contributed by atoms with Crippen molar-refractivity contribution in [3.63, 3.8) is 0 Å². The van der Waals surface area contributed by atoms with Crippen LogP contribution in [0.15, 0.2) is 53.7 Å². The molecular formula is C18H19ClN2O3. The zero-order valence-electron chi connectivity index (χ0n) is 13.4. The van der Waals surface area contributed by atoms with Gasteiger partial charge in [0.25, 0.3) is 0 Å². The van der Waals surface area contributed by atoms with Gasteiger partial charge in [-0.2, -0.15) is 0 Å². The molecule has 2 rings (SSSR count). The Hall–Kier alpha value is -2.53. The monoisotopic (exact) mass is 346 g/mol. The number of nitrogens with zero attached hydrogens (tertiary/aromatic N) is 1. The van der Waals surface area contributed by atoms with Crippen molar-refractivity contribution in [1.29, 1.82) is 0 Å². The minimum atomic E-state index is -0.673. The molecule has 0 fully saturated rings. The number of unbranched alkanes of at least 4 members (excludes halogenated alkanes) is 1. The lowest BCUT2D eigenvalue weighted by Crippen LogP contribution is -2.10. The third kappa shape index (κ3) is 6.30. The molecule has 0 bridgehead atoms. The van der Waals surface area contributed by atoms with Crippen LogP contribution in [0, 0.1) is 0 Å². The zero-order chi connectivity index (χ0) is 17.2. The molecule has 0 atom stereocenters. The number of carbonyl (C=O) groups excluding carboxylic acids is 1. The van der Waals surface area contributed by atoms with Gasteiger partial charge in [0, 0.05) is 10.7 Å². The van der Waals surface area contributed by atoms with Crippen LogP contribution in [0.3, 0.4) is 0 Å². The number of ether oxygens (including phenoxy) is 1. The van der Waals surface area contributed by atoms with Crippen molar-refractivity contribution in [2.75, 3.05) is 11.9 Å². The maximum absolute atomic E-state index is 11.6. The molecule has 0 heterocycles. The summed E-state index contributed by atoms with van der Waals surface area (Å²) in [6.07, 6.45) is 2.91. The van der Waals surface area contributed by atoms with E-state index in [9.17, 15) is 4.79 Å². The number of hydrogen-bond donors (Lipinski definition) is 1. The van der Waals surface area contributed by atoms with Crippen LogP contribution in [0.25, 0.3) is 0 Å². The number of amides is 1. The Labute approximate surface area is 146 Å². The maximum atomic E-state index is 11.6. The molecule has 1 N–H and O–H groups in total. The largest absolute Gasteiger partial charge is 0.494 e. The highest BCUT2D eigenvalue weighted by Gasteiger charge is 2.02. The van der Waals surface area contributed by atoms with E-state index in [0.717, 1.165) is 24.2 Å². The van der Waals surface area contributed by atoms with Gasteiger partial charge in [-0.1, -0.05) is 30.1 Å². The average molecular weight is 347 g/mol. The summed E-state index contributed by atoms with van der Waals surface area (Å²) in [4.78, 5) is 16.3. The second-order valence-corrected chi connectivity index (χ2v) is 5.45. The second kappa shape index (κ2) is 9.57. The molecule has 0 aromatic heterocycles. The number of hydrogen-bond acceptors (Lipinski definition) is 4. The molecule has 0 aliphatic rings. The van der Waals surface area contributed by atoms with E-state index in [0.29, 0.717) is 17.3 Å². The summed E-state index contributed by atoms with van der Waals surface area (Å²) in [6.45, 7) is 2.82. The maximum Gasteiger partial charge on any atom is 0.437 e. The van der Waals surface area contributed by atoms with Crippen molar-refractivity contribution in [3.8, 4) is 5.75 Å². The lowest BCUT2D eigenvalue weighted by Gasteiger charge is -2.05. The lowest BCUT2D eigenvalue weighted by atomic mass is 10.2. The molecule has 0 aliphatic carbocycles. The van der Waals surface area contributed by atoms with Crippen LogP contribution in [0.1, 0.15) is 25.3 Å². The Morgan fingerprint density at radius 2 is 1.88 bits per heavy atom. The number of anilines is 1. The predicted molar refractivity (Wildman–Crippen MR) is 96.0 cm³/mol. The first kappa shape index (κ1) is 17.8. The molecule has 2 aromatic rings. The van der Waals surface area contributed by atoms with E-state index in [1.807, 2.05) is 24.3 Å². The summed E-state index contributed by atoms with van der Waals surface area (Å²) in [5.74, 6) is 0.807. The Kier molecular flexibility index (Phi) is 7.11. The summed E-state index contributed by atoms with van der Waals surface area (Å²) in [6, 6.07) is 14.1. The minimum absolute atomic E-state index is 0.577. The van der Waals surface area contributed by atoms with Crippen LogP contribution in [0.5, 0.6) is 5.75 Å². The van der Waals surface area contributed by atoms with Crippen molar-refractivity contribution >= 4 is 29.6 Å². The Balaban J connectivity index is 1.78. The summed E-state index contributed by atoms with van der Waals surface area (Å²) < 4.78 is 5.57. The van der Waals surface area contributed by atoms with Crippen molar-refractivity contribution in [2.24, 2.45) is 5.16 Å². The van der Waals surface area contributed by atoms with Crippen molar-refractivity contribution in [2.45, 2.75) is 19.8 Å². The van der Waals surface area contributed by atoms with Crippen LogP contribution in [-0.2, 0) is 4.84 Å². The first-order valence-corrected chi connectivity index (χ1v) is 8.05. The number of nitrogens with one attached hydrogen (secondary N) is 1. The standard InChI is InChI=1S/C18H19ClN2O3/c1-2-3-12-23-17-10-4-14(5-11-17)13-20-24-18(22)21-16-8-6-15(19)7-9-16/h4-11,13H,2-3,12H2,1H3,(H,21,22). The van der Waals surface area contributed by atoms with Crippen LogP contribution < -0.4 is 10.1 Å². The highest BCUT2D eigenvalue weighted by molar-refractivity contribution is 6.30. The highest BCUT2D eigenvalue weighted by Crippen LogP contribution is 2.14. The molecule has 0 spiro atoms. The van der Waals surface area contributed by atoms with Crippen molar-refractivity contribution in [3.05, 3.63) is 59.1 Å². The summed E-state index contributed by atoms with van der Waals surface area (Å²) in [7, 11) is 0. The fraction of sp³-hybridized carbons (Fsp3) is 0.222. The molecule has 0 saturated carbocycles. The van der Waals surface area contributed by atoms with E-state index < -0.39 is 6.09 Å². The first-order valence-electron chi connectivity index (χ1n) is 7.67. The molecule has 0 radical (unpaired) electrons. The van der Waals surface area contributed by atoms with E-state index >= 15 is 0 Å². The zero-order valence-corrected chi connectivity index (χ0v) is 14.1. The average Bonchev–Trinajstić information content (AvgIpc) is 2.59. The van der Waals surface area contributed by atoms with Gasteiger partial charge in [-0.25, -0.2) is 4.79 Å². The molecule has 1 amide bonds. The first-order chi connectivity index (χ1) is 11.7. The van der Waals surface area contributed by atoms with E-state index in [4.69, 9.17) is 21.2 Å².